The molecule has 0 aliphatic carbocycles. The van der Waals surface area contributed by atoms with E-state index in [4.69, 9.17) is 5.11 Å². The summed E-state index contributed by atoms with van der Waals surface area (Å²) in [6, 6.07) is -1.64. The van der Waals surface area contributed by atoms with Crippen LogP contribution in [-0.4, -0.2) is 70.8 Å². The highest BCUT2D eigenvalue weighted by atomic mass is 32.2. The van der Waals surface area contributed by atoms with Crippen LogP contribution in [0.4, 0.5) is 18.0 Å². The van der Waals surface area contributed by atoms with Gasteiger partial charge in [0, 0.05) is 31.6 Å². The molecule has 5 nitrogen and oxygen atoms in total. The van der Waals surface area contributed by atoms with Crippen molar-refractivity contribution in [2.75, 3.05) is 31.6 Å². The number of alkyl halides is 3. The van der Waals surface area contributed by atoms with Crippen molar-refractivity contribution in [3.05, 3.63) is 0 Å². The molecule has 0 aromatic heterocycles. The van der Waals surface area contributed by atoms with Crippen LogP contribution in [0.1, 0.15) is 6.42 Å². The SMILES string of the molecule is CN(CCC(F)(F)F)C(=O)N1CCSCC1C(=O)O. The number of halogens is 3. The molecule has 0 bridgehead atoms. The summed E-state index contributed by atoms with van der Waals surface area (Å²) in [6.45, 7) is -0.241. The lowest BCUT2D eigenvalue weighted by Crippen LogP contribution is -2.54. The van der Waals surface area contributed by atoms with Gasteiger partial charge in [0.05, 0.1) is 6.42 Å². The fraction of sp³-hybridized carbons (Fsp3) is 0.800. The van der Waals surface area contributed by atoms with E-state index in [1.54, 1.807) is 0 Å². The summed E-state index contributed by atoms with van der Waals surface area (Å²) in [4.78, 5) is 25.0. The number of carboxylic acids is 1. The van der Waals surface area contributed by atoms with Crippen LogP contribution in [0.3, 0.4) is 0 Å². The van der Waals surface area contributed by atoms with E-state index >= 15 is 0 Å². The lowest BCUT2D eigenvalue weighted by atomic mass is 10.3. The maximum Gasteiger partial charge on any atom is 0.390 e. The molecular formula is C10H15F3N2O3S. The first kappa shape index (κ1) is 15.9. The largest absolute Gasteiger partial charge is 0.480 e. The minimum atomic E-state index is -4.33. The Morgan fingerprint density at radius 3 is 2.63 bits per heavy atom. The number of hydrogen-bond donors (Lipinski definition) is 1. The number of amides is 2. The molecule has 9 heteroatoms. The van der Waals surface area contributed by atoms with Crippen molar-refractivity contribution in [1.29, 1.82) is 0 Å². The number of aliphatic carboxylic acids is 1. The molecule has 0 saturated carbocycles. The highest BCUT2D eigenvalue weighted by molar-refractivity contribution is 7.99. The lowest BCUT2D eigenvalue weighted by Gasteiger charge is -2.35. The molecule has 1 unspecified atom stereocenters. The van der Waals surface area contributed by atoms with E-state index in [0.29, 0.717) is 5.75 Å². The van der Waals surface area contributed by atoms with Crippen molar-refractivity contribution in [1.82, 2.24) is 9.80 Å². The molecule has 1 heterocycles. The van der Waals surface area contributed by atoms with Crippen LogP contribution in [-0.2, 0) is 4.79 Å². The first-order valence-electron chi connectivity index (χ1n) is 5.61. The number of carbonyl (C=O) groups excluding carboxylic acids is 1. The molecule has 110 valence electrons. The number of thioether (sulfide) groups is 1. The predicted octanol–water partition coefficient (Wildman–Crippen LogP) is 1.49. The minimum Gasteiger partial charge on any atom is -0.480 e. The fourth-order valence-corrected chi connectivity index (χ4v) is 2.68. The Bertz CT molecular complexity index is 351. The average molecular weight is 300 g/mol. The number of carboxylic acid groups (broad SMARTS) is 1. The average Bonchev–Trinajstić information content (AvgIpc) is 2.34. The molecule has 1 saturated heterocycles. The Kier molecular flexibility index (Phi) is 5.33. The zero-order valence-electron chi connectivity index (χ0n) is 10.3. The molecule has 1 N–H and O–H groups in total. The molecule has 1 atom stereocenters. The third-order valence-corrected chi connectivity index (χ3v) is 3.74. The molecular weight excluding hydrogens is 285 g/mol. The van der Waals surface area contributed by atoms with Crippen LogP contribution in [0.15, 0.2) is 0 Å². The first-order valence-corrected chi connectivity index (χ1v) is 6.77. The first-order chi connectivity index (χ1) is 8.72. The Morgan fingerprint density at radius 1 is 1.47 bits per heavy atom. The fourth-order valence-electron chi connectivity index (χ4n) is 1.65. The van der Waals surface area contributed by atoms with Crippen molar-refractivity contribution >= 4 is 23.8 Å². The van der Waals surface area contributed by atoms with E-state index in [2.05, 4.69) is 0 Å². The second kappa shape index (κ2) is 6.36. The summed E-state index contributed by atoms with van der Waals surface area (Å²) in [6.07, 6.45) is -5.44. The van der Waals surface area contributed by atoms with Gasteiger partial charge >= 0.3 is 18.2 Å². The summed E-state index contributed by atoms with van der Waals surface area (Å²) < 4.78 is 36.2. The summed E-state index contributed by atoms with van der Waals surface area (Å²) in [7, 11) is 1.24. The van der Waals surface area contributed by atoms with Crippen molar-refractivity contribution in [2.45, 2.75) is 18.6 Å². The molecule has 1 aliphatic heterocycles. The van der Waals surface area contributed by atoms with Gasteiger partial charge in [0.15, 0.2) is 0 Å². The van der Waals surface area contributed by atoms with Gasteiger partial charge in [-0.1, -0.05) is 0 Å². The topological polar surface area (TPSA) is 60.9 Å². The quantitative estimate of drug-likeness (QED) is 0.858. The maximum absolute atomic E-state index is 12.1. The monoisotopic (exact) mass is 300 g/mol. The zero-order chi connectivity index (χ0) is 14.6. The van der Waals surface area contributed by atoms with Gasteiger partial charge in [-0.25, -0.2) is 9.59 Å². The molecule has 1 aliphatic rings. The van der Waals surface area contributed by atoms with Crippen LogP contribution < -0.4 is 0 Å². The standard InChI is InChI=1S/C10H15F3N2O3S/c1-14(3-2-10(11,12)13)9(18)15-4-5-19-6-7(15)8(16)17/h7H,2-6H2,1H3,(H,16,17). The molecule has 0 aromatic carbocycles. The molecule has 19 heavy (non-hydrogen) atoms. The lowest BCUT2D eigenvalue weighted by molar-refractivity contribution is -0.142. The van der Waals surface area contributed by atoms with Crippen molar-refractivity contribution in [2.24, 2.45) is 0 Å². The van der Waals surface area contributed by atoms with Crippen LogP contribution in [0, 0.1) is 0 Å². The summed E-state index contributed by atoms with van der Waals surface area (Å²) in [5.74, 6) is -0.290. The number of rotatable bonds is 3. The van der Waals surface area contributed by atoms with Gasteiger partial charge in [-0.05, 0) is 0 Å². The van der Waals surface area contributed by atoms with Gasteiger partial charge in [0.25, 0.3) is 0 Å². The number of urea groups is 1. The normalized spacial score (nSPS) is 20.2. The highest BCUT2D eigenvalue weighted by Gasteiger charge is 2.35. The second-order valence-corrected chi connectivity index (χ2v) is 5.34. The number of nitrogens with zero attached hydrogens (tertiary/aromatic N) is 2. The Balaban J connectivity index is 2.61. The zero-order valence-corrected chi connectivity index (χ0v) is 11.1. The summed E-state index contributed by atoms with van der Waals surface area (Å²) in [5.41, 5.74) is 0. The Labute approximate surface area is 112 Å². The van der Waals surface area contributed by atoms with Crippen molar-refractivity contribution < 1.29 is 27.9 Å². The van der Waals surface area contributed by atoms with E-state index in [-0.39, 0.29) is 12.3 Å². The third kappa shape index (κ3) is 4.81. The molecule has 2 amide bonds. The van der Waals surface area contributed by atoms with Crippen LogP contribution in [0.2, 0.25) is 0 Å². The van der Waals surface area contributed by atoms with Crippen molar-refractivity contribution in [3.8, 4) is 0 Å². The van der Waals surface area contributed by atoms with Crippen LogP contribution >= 0.6 is 11.8 Å². The maximum atomic E-state index is 12.1. The molecule has 0 radical (unpaired) electrons. The van der Waals surface area contributed by atoms with E-state index in [9.17, 15) is 22.8 Å². The molecule has 0 aromatic rings. The van der Waals surface area contributed by atoms with Gasteiger partial charge in [0.2, 0.25) is 0 Å². The van der Waals surface area contributed by atoms with Crippen LogP contribution in [0.25, 0.3) is 0 Å². The van der Waals surface area contributed by atoms with Gasteiger partial charge < -0.3 is 14.9 Å². The molecule has 1 fully saturated rings. The van der Waals surface area contributed by atoms with Gasteiger partial charge in [-0.15, -0.1) is 0 Å². The van der Waals surface area contributed by atoms with Crippen molar-refractivity contribution in [3.63, 3.8) is 0 Å². The third-order valence-electron chi connectivity index (χ3n) is 2.72. The summed E-state index contributed by atoms with van der Waals surface area (Å²) >= 11 is 1.41. The summed E-state index contributed by atoms with van der Waals surface area (Å²) in [5, 5.41) is 8.99. The molecule has 0 spiro atoms. The van der Waals surface area contributed by atoms with E-state index in [0.717, 1.165) is 9.80 Å². The van der Waals surface area contributed by atoms with E-state index in [1.165, 1.54) is 18.8 Å². The number of hydrogen-bond acceptors (Lipinski definition) is 3. The van der Waals surface area contributed by atoms with Gasteiger partial charge in [-0.3, -0.25) is 0 Å². The molecule has 1 rings (SSSR count). The Hall–Kier alpha value is -1.12. The minimum absolute atomic E-state index is 0.233. The predicted molar refractivity (Wildman–Crippen MR) is 64.2 cm³/mol. The highest BCUT2D eigenvalue weighted by Crippen LogP contribution is 2.21. The smallest absolute Gasteiger partial charge is 0.390 e. The van der Waals surface area contributed by atoms with Gasteiger partial charge in [0.1, 0.15) is 6.04 Å². The van der Waals surface area contributed by atoms with E-state index < -0.39 is 37.2 Å². The van der Waals surface area contributed by atoms with Crippen LogP contribution in [0.5, 0.6) is 0 Å². The number of carbonyl (C=O) groups is 2. The Morgan fingerprint density at radius 2 is 2.11 bits per heavy atom. The van der Waals surface area contributed by atoms with E-state index in [1.807, 2.05) is 0 Å². The second-order valence-electron chi connectivity index (χ2n) is 4.19. The van der Waals surface area contributed by atoms with Gasteiger partial charge in [-0.2, -0.15) is 24.9 Å².